The normalized spacial score (nSPS) is 13.3. The molecule has 1 N–H and O–H groups in total. The highest BCUT2D eigenvalue weighted by molar-refractivity contribution is 4.63. The number of rotatable bonds is 11. The molecule has 0 radical (unpaired) electrons. The second-order valence-electron chi connectivity index (χ2n) is 5.13. The summed E-state index contributed by atoms with van der Waals surface area (Å²) in [6.07, 6.45) is 12.3. The van der Waals surface area contributed by atoms with Crippen molar-refractivity contribution in [1.82, 2.24) is 0 Å². The molecule has 0 aromatic heterocycles. The van der Waals surface area contributed by atoms with Crippen LogP contribution in [-0.2, 0) is 0 Å². The Morgan fingerprint density at radius 3 is 1.94 bits per heavy atom. The van der Waals surface area contributed by atoms with Crippen molar-refractivity contribution < 1.29 is 5.11 Å². The van der Waals surface area contributed by atoms with Gasteiger partial charge in [0.2, 0.25) is 0 Å². The van der Waals surface area contributed by atoms with Gasteiger partial charge in [-0.2, -0.15) is 0 Å². The average Bonchev–Trinajstić information content (AvgIpc) is 2.30. The van der Waals surface area contributed by atoms with Crippen LogP contribution in [0.15, 0.2) is 0 Å². The molecular weight excluding hydrogens is 196 g/mol. The summed E-state index contributed by atoms with van der Waals surface area (Å²) in [6.45, 7) is 6.71. The van der Waals surface area contributed by atoms with Crippen LogP contribution < -0.4 is 0 Å². The minimum absolute atomic E-state index is 0.0453. The van der Waals surface area contributed by atoms with Crippen LogP contribution in [0.5, 0.6) is 0 Å². The van der Waals surface area contributed by atoms with Crippen LogP contribution in [0, 0.1) is 5.92 Å². The van der Waals surface area contributed by atoms with Gasteiger partial charge < -0.3 is 5.11 Å². The van der Waals surface area contributed by atoms with E-state index >= 15 is 0 Å². The molecule has 0 aromatic carbocycles. The first-order valence-electron chi connectivity index (χ1n) is 7.42. The van der Waals surface area contributed by atoms with Crippen LogP contribution >= 0.6 is 0 Å². The van der Waals surface area contributed by atoms with Gasteiger partial charge >= 0.3 is 0 Å². The van der Waals surface area contributed by atoms with Crippen molar-refractivity contribution in [2.24, 2.45) is 5.92 Å². The molecule has 16 heavy (non-hydrogen) atoms. The predicted molar refractivity (Wildman–Crippen MR) is 72.7 cm³/mol. The zero-order valence-electron chi connectivity index (χ0n) is 11.7. The van der Waals surface area contributed by atoms with Crippen LogP contribution in [0.4, 0.5) is 0 Å². The third kappa shape index (κ3) is 9.21. The molecule has 0 amide bonds. The largest absolute Gasteiger partial charge is 0.393 e. The molecule has 1 heteroatoms. The van der Waals surface area contributed by atoms with Gasteiger partial charge in [0.25, 0.3) is 0 Å². The maximum Gasteiger partial charge on any atom is 0.0542 e. The van der Waals surface area contributed by atoms with E-state index in [1.807, 2.05) is 0 Å². The fourth-order valence-corrected chi connectivity index (χ4v) is 2.28. The molecule has 0 bridgehead atoms. The Balaban J connectivity index is 3.32. The van der Waals surface area contributed by atoms with Crippen molar-refractivity contribution in [3.05, 3.63) is 0 Å². The van der Waals surface area contributed by atoms with Gasteiger partial charge in [-0.05, 0) is 18.8 Å². The van der Waals surface area contributed by atoms with Crippen molar-refractivity contribution in [2.75, 3.05) is 0 Å². The molecular formula is C15H32O. The lowest BCUT2D eigenvalue weighted by Gasteiger charge is -2.17. The van der Waals surface area contributed by atoms with E-state index in [0.717, 1.165) is 18.8 Å². The maximum absolute atomic E-state index is 9.88. The van der Waals surface area contributed by atoms with Crippen molar-refractivity contribution in [1.29, 1.82) is 0 Å². The van der Waals surface area contributed by atoms with Gasteiger partial charge in [0.1, 0.15) is 0 Å². The lowest BCUT2D eigenvalue weighted by atomic mass is 9.93. The first-order chi connectivity index (χ1) is 7.74. The number of hydrogen-bond donors (Lipinski definition) is 1. The van der Waals surface area contributed by atoms with E-state index in [2.05, 4.69) is 20.8 Å². The van der Waals surface area contributed by atoms with Crippen molar-refractivity contribution in [2.45, 2.75) is 91.1 Å². The average molecular weight is 228 g/mol. The minimum Gasteiger partial charge on any atom is -0.393 e. The van der Waals surface area contributed by atoms with E-state index in [0.29, 0.717) is 0 Å². The quantitative estimate of drug-likeness (QED) is 0.497. The van der Waals surface area contributed by atoms with E-state index in [-0.39, 0.29) is 6.10 Å². The molecule has 0 rings (SSSR count). The van der Waals surface area contributed by atoms with Crippen LogP contribution in [-0.4, -0.2) is 11.2 Å². The van der Waals surface area contributed by atoms with E-state index in [1.54, 1.807) is 0 Å². The Morgan fingerprint density at radius 2 is 1.38 bits per heavy atom. The third-order valence-electron chi connectivity index (χ3n) is 3.65. The van der Waals surface area contributed by atoms with Gasteiger partial charge in [-0.15, -0.1) is 0 Å². The molecule has 0 saturated heterocycles. The van der Waals surface area contributed by atoms with Gasteiger partial charge in [-0.25, -0.2) is 0 Å². The Hall–Kier alpha value is -0.0400. The van der Waals surface area contributed by atoms with E-state index < -0.39 is 0 Å². The first-order valence-corrected chi connectivity index (χ1v) is 7.42. The summed E-state index contributed by atoms with van der Waals surface area (Å²) in [4.78, 5) is 0. The summed E-state index contributed by atoms with van der Waals surface area (Å²) in [5.41, 5.74) is 0. The Morgan fingerprint density at radius 1 is 0.812 bits per heavy atom. The number of aliphatic hydroxyl groups is 1. The molecule has 0 heterocycles. The highest BCUT2D eigenvalue weighted by Crippen LogP contribution is 2.18. The van der Waals surface area contributed by atoms with Gasteiger partial charge in [0, 0.05) is 0 Å². The smallest absolute Gasteiger partial charge is 0.0542 e. The van der Waals surface area contributed by atoms with Gasteiger partial charge in [-0.1, -0.05) is 72.1 Å². The summed E-state index contributed by atoms with van der Waals surface area (Å²) in [5, 5.41) is 9.88. The number of hydrogen-bond acceptors (Lipinski definition) is 1. The summed E-state index contributed by atoms with van der Waals surface area (Å²) in [6, 6.07) is 0. The number of unbranched alkanes of at least 4 members (excludes halogenated alkanes) is 5. The highest BCUT2D eigenvalue weighted by atomic mass is 16.3. The third-order valence-corrected chi connectivity index (χ3v) is 3.65. The molecule has 0 saturated carbocycles. The minimum atomic E-state index is -0.0453. The lowest BCUT2D eigenvalue weighted by Crippen LogP contribution is -2.12. The maximum atomic E-state index is 9.88. The van der Waals surface area contributed by atoms with Crippen molar-refractivity contribution in [3.63, 3.8) is 0 Å². The molecule has 1 unspecified atom stereocenters. The predicted octanol–water partition coefficient (Wildman–Crippen LogP) is 4.92. The summed E-state index contributed by atoms with van der Waals surface area (Å²) >= 11 is 0. The summed E-state index contributed by atoms with van der Waals surface area (Å²) in [7, 11) is 0. The second-order valence-corrected chi connectivity index (χ2v) is 5.13. The monoisotopic (exact) mass is 228 g/mol. The highest BCUT2D eigenvalue weighted by Gasteiger charge is 2.10. The van der Waals surface area contributed by atoms with E-state index in [9.17, 15) is 5.11 Å². The SMILES string of the molecule is CCCCCCCCC(O)CC(CC)CC. The van der Waals surface area contributed by atoms with Gasteiger partial charge in [-0.3, -0.25) is 0 Å². The topological polar surface area (TPSA) is 20.2 Å². The van der Waals surface area contributed by atoms with Gasteiger partial charge in [0.05, 0.1) is 6.10 Å². The first kappa shape index (κ1) is 16.0. The molecule has 0 aromatic rings. The fraction of sp³-hybridized carbons (Fsp3) is 1.00. The van der Waals surface area contributed by atoms with Crippen LogP contribution in [0.3, 0.4) is 0 Å². The zero-order chi connectivity index (χ0) is 12.2. The Labute approximate surface area is 103 Å². The van der Waals surface area contributed by atoms with E-state index in [1.165, 1.54) is 51.4 Å². The molecule has 0 aliphatic heterocycles. The Bertz CT molecular complexity index is 129. The molecule has 98 valence electrons. The standard InChI is InChI=1S/C15H32O/c1-4-7-8-9-10-11-12-15(16)13-14(5-2)6-3/h14-16H,4-13H2,1-3H3. The summed E-state index contributed by atoms with van der Waals surface area (Å²) in [5.74, 6) is 0.732. The zero-order valence-corrected chi connectivity index (χ0v) is 11.7. The van der Waals surface area contributed by atoms with Crippen LogP contribution in [0.1, 0.15) is 85.0 Å². The van der Waals surface area contributed by atoms with Crippen LogP contribution in [0.2, 0.25) is 0 Å². The molecule has 0 aliphatic rings. The van der Waals surface area contributed by atoms with Crippen molar-refractivity contribution in [3.8, 4) is 0 Å². The Kier molecular flexibility index (Phi) is 11.4. The molecule has 0 spiro atoms. The van der Waals surface area contributed by atoms with E-state index in [4.69, 9.17) is 0 Å². The van der Waals surface area contributed by atoms with Crippen molar-refractivity contribution >= 4 is 0 Å². The fourth-order valence-electron chi connectivity index (χ4n) is 2.28. The second kappa shape index (κ2) is 11.4. The number of aliphatic hydroxyl groups excluding tert-OH is 1. The summed E-state index contributed by atoms with van der Waals surface area (Å²) < 4.78 is 0. The molecule has 0 aliphatic carbocycles. The van der Waals surface area contributed by atoms with Crippen LogP contribution in [0.25, 0.3) is 0 Å². The molecule has 0 fully saturated rings. The molecule has 1 atom stereocenters. The molecule has 1 nitrogen and oxygen atoms in total. The van der Waals surface area contributed by atoms with Gasteiger partial charge in [0.15, 0.2) is 0 Å². The lowest BCUT2D eigenvalue weighted by molar-refractivity contribution is 0.127.